The molecule has 4 atom stereocenters. The summed E-state index contributed by atoms with van der Waals surface area (Å²) < 4.78 is 35.6. The molecule has 0 saturated carbocycles. The molecule has 48 heavy (non-hydrogen) atoms. The quantitative estimate of drug-likeness (QED) is 0.209. The Kier molecular flexibility index (Phi) is 8.75. The van der Waals surface area contributed by atoms with Gasteiger partial charge in [-0.1, -0.05) is 11.8 Å². The number of carbonyl (C=O) groups excluding carboxylic acids is 2. The minimum atomic E-state index is -0.699. The molecule has 2 amide bonds. The van der Waals surface area contributed by atoms with Gasteiger partial charge in [-0.3, -0.25) is 10.2 Å². The van der Waals surface area contributed by atoms with E-state index in [1.807, 2.05) is 45.8 Å². The van der Waals surface area contributed by atoms with Crippen molar-refractivity contribution < 1.29 is 28.2 Å². The first-order valence-electron chi connectivity index (χ1n) is 16.1. The number of hydrogen-bond acceptors (Lipinski definition) is 10. The van der Waals surface area contributed by atoms with Gasteiger partial charge in [0.1, 0.15) is 39.7 Å². The van der Waals surface area contributed by atoms with Crippen molar-refractivity contribution in [3.63, 3.8) is 0 Å². The van der Waals surface area contributed by atoms with Crippen molar-refractivity contribution >= 4 is 62.3 Å². The van der Waals surface area contributed by atoms with Crippen LogP contribution in [0.2, 0.25) is 0 Å². The molecule has 3 aliphatic heterocycles. The zero-order valence-electron chi connectivity index (χ0n) is 28.9. The molecule has 0 spiro atoms. The van der Waals surface area contributed by atoms with Crippen LogP contribution in [-0.4, -0.2) is 80.3 Å². The Labute approximate surface area is 292 Å². The van der Waals surface area contributed by atoms with Crippen LogP contribution in [0.4, 0.5) is 25.5 Å². The Hall–Kier alpha value is -3.39. The Morgan fingerprint density at radius 2 is 1.77 bits per heavy atom. The molecule has 0 aliphatic carbocycles. The predicted molar refractivity (Wildman–Crippen MR) is 188 cm³/mol. The van der Waals surface area contributed by atoms with Crippen molar-refractivity contribution in [1.29, 1.82) is 0 Å². The number of pyridine rings is 1. The fraction of sp³-hybridized carbons (Fsp3) is 0.559. The molecule has 2 aromatic heterocycles. The zero-order chi connectivity index (χ0) is 35.0. The fourth-order valence-corrected chi connectivity index (χ4v) is 7.94. The highest BCUT2D eigenvalue weighted by Gasteiger charge is 2.53. The van der Waals surface area contributed by atoms with E-state index in [0.29, 0.717) is 44.2 Å². The molecule has 0 unspecified atom stereocenters. The lowest BCUT2D eigenvalue weighted by Gasteiger charge is -2.48. The Morgan fingerprint density at radius 3 is 2.42 bits per heavy atom. The number of piperazine rings is 1. The topological polar surface area (TPSA) is 119 Å². The van der Waals surface area contributed by atoms with Gasteiger partial charge in [-0.25, -0.2) is 28.9 Å². The van der Waals surface area contributed by atoms with Gasteiger partial charge in [0.05, 0.1) is 18.1 Å². The summed E-state index contributed by atoms with van der Waals surface area (Å²) in [7, 11) is 0. The summed E-state index contributed by atoms with van der Waals surface area (Å²) in [5, 5.41) is 3.62. The van der Waals surface area contributed by atoms with E-state index in [2.05, 4.69) is 31.1 Å². The number of thioether (sulfide) groups is 1. The maximum atomic E-state index is 17.0. The predicted octanol–water partition coefficient (Wildman–Crippen LogP) is 8.02. The molecule has 2 bridgehead atoms. The average Bonchev–Trinajstić information content (AvgIpc) is 3.22. The number of amides is 2. The highest BCUT2D eigenvalue weighted by Crippen LogP contribution is 2.48. The number of hydrogen-bond donors (Lipinski definition) is 1. The van der Waals surface area contributed by atoms with Gasteiger partial charge in [-0.2, -0.15) is 0 Å². The van der Waals surface area contributed by atoms with Crippen LogP contribution in [0.15, 0.2) is 15.7 Å². The molecular weight excluding hydrogens is 703 g/mol. The number of benzene rings is 1. The molecular formula is C34H42BrFN6O5S. The molecule has 11 nitrogen and oxygen atoms in total. The van der Waals surface area contributed by atoms with Gasteiger partial charge in [-0.15, -0.1) is 0 Å². The normalized spacial score (nSPS) is 21.8. The van der Waals surface area contributed by atoms with E-state index < -0.39 is 29.2 Å². The third kappa shape index (κ3) is 6.14. The molecule has 2 saturated heterocycles. The lowest BCUT2D eigenvalue weighted by atomic mass is 9.98. The number of ether oxygens (including phenoxy) is 3. The van der Waals surface area contributed by atoms with E-state index in [0.717, 1.165) is 18.4 Å². The smallest absolute Gasteiger partial charge is 0.412 e. The van der Waals surface area contributed by atoms with E-state index in [1.165, 1.54) is 11.8 Å². The van der Waals surface area contributed by atoms with Crippen LogP contribution in [0.3, 0.4) is 0 Å². The van der Waals surface area contributed by atoms with E-state index in [-0.39, 0.29) is 41.3 Å². The average molecular weight is 746 g/mol. The minimum Gasteiger partial charge on any atom is -0.472 e. The lowest BCUT2D eigenvalue weighted by molar-refractivity contribution is 0.000930. The van der Waals surface area contributed by atoms with E-state index in [1.54, 1.807) is 33.8 Å². The van der Waals surface area contributed by atoms with Crippen LogP contribution in [0.25, 0.3) is 22.2 Å². The van der Waals surface area contributed by atoms with Crippen LogP contribution in [-0.2, 0) is 9.47 Å². The SMILES string of the molecule is CSc1nc2c3c(nc(-c4c(C)c(NC(=O)OC(C)(C)C)cc(C)c4Br)c(F)c3n1)O[C@@H](C)[C@@H]1[C@@H]3CC[C@H](CN21)N3C(=O)OC(C)(C)C. The maximum absolute atomic E-state index is 17.0. The number of nitrogens with one attached hydrogen (secondary N) is 1. The van der Waals surface area contributed by atoms with Gasteiger partial charge >= 0.3 is 12.2 Å². The Morgan fingerprint density at radius 1 is 1.08 bits per heavy atom. The highest BCUT2D eigenvalue weighted by molar-refractivity contribution is 9.10. The standard InChI is InChI=1S/C34H42BrFN6O5S/c1-15-13-19(37-31(43)46-33(4,5)6)16(2)21(23(15)35)25-24(36)26-22-28(40-30(39-26)48-10)41-14-18-11-12-20(27(41)17(3)45-29(22)38-25)42(18)32(44)47-34(7,8)9/h13,17-18,20,27H,11-12,14H2,1-10H3,(H,37,43)/t17-,18+,20-,27+/m0/s1. The van der Waals surface area contributed by atoms with Gasteiger partial charge in [-0.05, 0) is 115 Å². The monoisotopic (exact) mass is 744 g/mol. The third-order valence-electron chi connectivity index (χ3n) is 8.84. The summed E-state index contributed by atoms with van der Waals surface area (Å²) in [6.07, 6.45) is 2.01. The first kappa shape index (κ1) is 34.5. The molecule has 1 aromatic carbocycles. The number of fused-ring (bicyclic) bond motifs is 5. The minimum absolute atomic E-state index is 0.0264. The number of aromatic nitrogens is 3. The second-order valence-electron chi connectivity index (χ2n) is 14.7. The number of rotatable bonds is 3. The van der Waals surface area contributed by atoms with Gasteiger partial charge in [0, 0.05) is 22.3 Å². The van der Waals surface area contributed by atoms with Crippen LogP contribution < -0.4 is 15.0 Å². The van der Waals surface area contributed by atoms with Crippen molar-refractivity contribution in [3.05, 3.63) is 27.5 Å². The first-order valence-corrected chi connectivity index (χ1v) is 18.1. The number of halogens is 2. The van der Waals surface area contributed by atoms with Gasteiger partial charge < -0.3 is 19.1 Å². The Balaban J connectivity index is 1.50. The van der Waals surface area contributed by atoms with Crippen molar-refractivity contribution in [2.75, 3.05) is 23.0 Å². The second kappa shape index (κ2) is 12.2. The summed E-state index contributed by atoms with van der Waals surface area (Å²) in [4.78, 5) is 44.7. The largest absolute Gasteiger partial charge is 0.472 e. The second-order valence-corrected chi connectivity index (χ2v) is 16.2. The van der Waals surface area contributed by atoms with Crippen molar-refractivity contribution in [3.8, 4) is 17.1 Å². The maximum Gasteiger partial charge on any atom is 0.412 e. The molecule has 6 rings (SSSR count). The molecule has 3 aliphatic rings. The first-order chi connectivity index (χ1) is 22.4. The van der Waals surface area contributed by atoms with Gasteiger partial charge in [0.15, 0.2) is 11.0 Å². The van der Waals surface area contributed by atoms with Crippen LogP contribution in [0.5, 0.6) is 5.88 Å². The van der Waals surface area contributed by atoms with Crippen molar-refractivity contribution in [2.24, 2.45) is 0 Å². The molecule has 0 radical (unpaired) electrons. The molecule has 14 heteroatoms. The highest BCUT2D eigenvalue weighted by atomic mass is 79.9. The number of anilines is 2. The lowest BCUT2D eigenvalue weighted by Crippen LogP contribution is -2.65. The number of carbonyl (C=O) groups is 2. The van der Waals surface area contributed by atoms with Crippen LogP contribution in [0.1, 0.15) is 72.4 Å². The van der Waals surface area contributed by atoms with E-state index in [4.69, 9.17) is 24.2 Å². The summed E-state index contributed by atoms with van der Waals surface area (Å²) in [5.41, 5.74) is 1.04. The van der Waals surface area contributed by atoms with Crippen molar-refractivity contribution in [2.45, 2.75) is 116 Å². The Bertz CT molecular complexity index is 1830. The molecule has 1 N–H and O–H groups in total. The summed E-state index contributed by atoms with van der Waals surface area (Å²) in [6.45, 7) is 17.0. The zero-order valence-corrected chi connectivity index (χ0v) is 31.4. The van der Waals surface area contributed by atoms with Crippen LogP contribution in [0, 0.1) is 19.7 Å². The molecule has 258 valence electrons. The fourth-order valence-electron chi connectivity index (χ4n) is 6.98. The van der Waals surface area contributed by atoms with Crippen LogP contribution >= 0.6 is 27.7 Å². The number of aryl methyl sites for hydroxylation is 1. The number of nitrogens with zero attached hydrogens (tertiary/aromatic N) is 5. The van der Waals surface area contributed by atoms with Gasteiger partial charge in [0.25, 0.3) is 0 Å². The molecule has 3 aromatic rings. The summed E-state index contributed by atoms with van der Waals surface area (Å²) in [6, 6.07) is 1.21. The van der Waals surface area contributed by atoms with Crippen molar-refractivity contribution in [1.82, 2.24) is 19.9 Å². The molecule has 2 fully saturated rings. The van der Waals surface area contributed by atoms with E-state index in [9.17, 15) is 9.59 Å². The molecule has 5 heterocycles. The van der Waals surface area contributed by atoms with Gasteiger partial charge in [0.2, 0.25) is 5.88 Å². The van der Waals surface area contributed by atoms with E-state index >= 15 is 4.39 Å². The summed E-state index contributed by atoms with van der Waals surface area (Å²) >= 11 is 4.99. The third-order valence-corrected chi connectivity index (χ3v) is 10.4. The summed E-state index contributed by atoms with van der Waals surface area (Å²) in [5.74, 6) is 0.121.